The Balaban J connectivity index is 2.09. The van der Waals surface area contributed by atoms with E-state index in [2.05, 4.69) is 23.8 Å². The predicted octanol–water partition coefficient (Wildman–Crippen LogP) is 0.877. The van der Waals surface area contributed by atoms with Crippen molar-refractivity contribution >= 4 is 5.97 Å². The Morgan fingerprint density at radius 2 is 2.13 bits per heavy atom. The summed E-state index contributed by atoms with van der Waals surface area (Å²) >= 11 is 0. The molecule has 4 nitrogen and oxygen atoms in total. The fourth-order valence-corrected chi connectivity index (χ4v) is 1.94. The van der Waals surface area contributed by atoms with Crippen LogP contribution in [0.2, 0.25) is 0 Å². The SMILES string of the molecule is CC1CN(CCCCC(=O)O)CCN1C. The standard InChI is InChI=1S/C11H22N2O2/c1-10-9-13(8-7-12(10)2)6-4-3-5-11(14)15/h10H,3-9H2,1-2H3,(H,14,15). The van der Waals surface area contributed by atoms with Gasteiger partial charge in [-0.05, 0) is 33.4 Å². The van der Waals surface area contributed by atoms with Crippen molar-refractivity contribution < 1.29 is 9.90 Å². The minimum atomic E-state index is -0.679. The molecule has 0 aromatic carbocycles. The van der Waals surface area contributed by atoms with E-state index >= 15 is 0 Å². The fraction of sp³-hybridized carbons (Fsp3) is 0.909. The van der Waals surface area contributed by atoms with Gasteiger partial charge in [0.25, 0.3) is 0 Å². The first-order valence-corrected chi connectivity index (χ1v) is 5.74. The summed E-state index contributed by atoms with van der Waals surface area (Å²) in [6, 6.07) is 0.623. The van der Waals surface area contributed by atoms with Gasteiger partial charge in [-0.2, -0.15) is 0 Å². The lowest BCUT2D eigenvalue weighted by molar-refractivity contribution is -0.137. The highest BCUT2D eigenvalue weighted by atomic mass is 16.4. The van der Waals surface area contributed by atoms with Crippen molar-refractivity contribution in [1.82, 2.24) is 9.80 Å². The lowest BCUT2D eigenvalue weighted by Crippen LogP contribution is -2.50. The quantitative estimate of drug-likeness (QED) is 0.690. The normalized spacial score (nSPS) is 24.3. The minimum absolute atomic E-state index is 0.309. The molecule has 0 saturated carbocycles. The van der Waals surface area contributed by atoms with Crippen LogP contribution in [0.1, 0.15) is 26.2 Å². The first-order chi connectivity index (χ1) is 7.09. The van der Waals surface area contributed by atoms with Crippen molar-refractivity contribution in [1.29, 1.82) is 0 Å². The molecule has 0 spiro atoms. The van der Waals surface area contributed by atoms with Crippen molar-refractivity contribution in [2.45, 2.75) is 32.2 Å². The number of rotatable bonds is 5. The molecule has 1 saturated heterocycles. The number of aliphatic carboxylic acids is 1. The van der Waals surface area contributed by atoms with Gasteiger partial charge < -0.3 is 14.9 Å². The van der Waals surface area contributed by atoms with Crippen LogP contribution in [0.5, 0.6) is 0 Å². The third-order valence-electron chi connectivity index (χ3n) is 3.16. The molecule has 1 aliphatic rings. The molecule has 15 heavy (non-hydrogen) atoms. The molecule has 1 heterocycles. The number of unbranched alkanes of at least 4 members (excludes halogenated alkanes) is 1. The van der Waals surface area contributed by atoms with Crippen LogP contribution in [-0.2, 0) is 4.79 Å². The van der Waals surface area contributed by atoms with Crippen LogP contribution in [0.3, 0.4) is 0 Å². The Kier molecular flexibility index (Phi) is 5.05. The third-order valence-corrected chi connectivity index (χ3v) is 3.16. The van der Waals surface area contributed by atoms with Crippen molar-refractivity contribution in [3.8, 4) is 0 Å². The smallest absolute Gasteiger partial charge is 0.303 e. The van der Waals surface area contributed by atoms with Crippen molar-refractivity contribution in [3.63, 3.8) is 0 Å². The second kappa shape index (κ2) is 6.08. The molecule has 0 amide bonds. The lowest BCUT2D eigenvalue weighted by Gasteiger charge is -2.37. The third kappa shape index (κ3) is 4.62. The zero-order chi connectivity index (χ0) is 11.3. The van der Waals surface area contributed by atoms with Crippen LogP contribution in [-0.4, -0.2) is 60.1 Å². The van der Waals surface area contributed by atoms with Gasteiger partial charge in [-0.1, -0.05) is 0 Å². The molecule has 4 heteroatoms. The number of carbonyl (C=O) groups is 1. The van der Waals surface area contributed by atoms with E-state index in [1.165, 1.54) is 0 Å². The molecule has 0 bridgehead atoms. The summed E-state index contributed by atoms with van der Waals surface area (Å²) < 4.78 is 0. The van der Waals surface area contributed by atoms with Gasteiger partial charge in [0.2, 0.25) is 0 Å². The second-order valence-corrected chi connectivity index (χ2v) is 4.48. The second-order valence-electron chi connectivity index (χ2n) is 4.48. The van der Waals surface area contributed by atoms with Crippen LogP contribution in [0.25, 0.3) is 0 Å². The van der Waals surface area contributed by atoms with E-state index < -0.39 is 5.97 Å². The van der Waals surface area contributed by atoms with Crippen LogP contribution >= 0.6 is 0 Å². The Morgan fingerprint density at radius 1 is 1.40 bits per heavy atom. The molecule has 1 fully saturated rings. The van der Waals surface area contributed by atoms with E-state index in [1.807, 2.05) is 0 Å². The van der Waals surface area contributed by atoms with Gasteiger partial charge in [0.05, 0.1) is 0 Å². The van der Waals surface area contributed by atoms with E-state index in [0.29, 0.717) is 12.5 Å². The maximum atomic E-state index is 10.3. The summed E-state index contributed by atoms with van der Waals surface area (Å²) in [5.74, 6) is -0.679. The van der Waals surface area contributed by atoms with Crippen molar-refractivity contribution in [2.24, 2.45) is 0 Å². The van der Waals surface area contributed by atoms with Gasteiger partial charge >= 0.3 is 5.97 Å². The molecule has 88 valence electrons. The van der Waals surface area contributed by atoms with Gasteiger partial charge in [0.1, 0.15) is 0 Å². The topological polar surface area (TPSA) is 43.8 Å². The minimum Gasteiger partial charge on any atom is -0.481 e. The summed E-state index contributed by atoms with van der Waals surface area (Å²) in [5.41, 5.74) is 0. The van der Waals surface area contributed by atoms with Crippen LogP contribution in [0.4, 0.5) is 0 Å². The Morgan fingerprint density at radius 3 is 2.73 bits per heavy atom. The lowest BCUT2D eigenvalue weighted by atomic mass is 10.1. The van der Waals surface area contributed by atoms with E-state index in [1.54, 1.807) is 0 Å². The zero-order valence-corrected chi connectivity index (χ0v) is 9.78. The number of carboxylic acids is 1. The molecule has 0 aliphatic carbocycles. The van der Waals surface area contributed by atoms with Crippen LogP contribution in [0.15, 0.2) is 0 Å². The summed E-state index contributed by atoms with van der Waals surface area (Å²) in [4.78, 5) is 15.1. The number of hydrogen-bond acceptors (Lipinski definition) is 3. The highest BCUT2D eigenvalue weighted by molar-refractivity contribution is 5.66. The molecule has 1 rings (SSSR count). The summed E-state index contributed by atoms with van der Waals surface area (Å²) in [7, 11) is 2.16. The number of nitrogens with zero attached hydrogens (tertiary/aromatic N) is 2. The van der Waals surface area contributed by atoms with Crippen molar-refractivity contribution in [3.05, 3.63) is 0 Å². The van der Waals surface area contributed by atoms with Gasteiger partial charge in [-0.15, -0.1) is 0 Å². The van der Waals surface area contributed by atoms with Gasteiger partial charge in [-0.25, -0.2) is 0 Å². The number of piperazine rings is 1. The molecular formula is C11H22N2O2. The highest BCUT2D eigenvalue weighted by Crippen LogP contribution is 2.08. The average molecular weight is 214 g/mol. The molecule has 1 N–H and O–H groups in total. The van der Waals surface area contributed by atoms with Gasteiger partial charge in [-0.3, -0.25) is 4.79 Å². The van der Waals surface area contributed by atoms with E-state index in [9.17, 15) is 4.79 Å². The molecule has 1 aliphatic heterocycles. The predicted molar refractivity (Wildman–Crippen MR) is 60.0 cm³/mol. The van der Waals surface area contributed by atoms with Gasteiger partial charge in [0, 0.05) is 32.1 Å². The van der Waals surface area contributed by atoms with Crippen molar-refractivity contribution in [2.75, 3.05) is 33.2 Å². The number of carboxylic acid groups (broad SMARTS) is 1. The first-order valence-electron chi connectivity index (χ1n) is 5.74. The van der Waals surface area contributed by atoms with E-state index in [4.69, 9.17) is 5.11 Å². The number of likely N-dealkylation sites (N-methyl/N-ethyl adjacent to an activating group) is 1. The maximum absolute atomic E-state index is 10.3. The average Bonchev–Trinajstić information content (AvgIpc) is 2.18. The maximum Gasteiger partial charge on any atom is 0.303 e. The van der Waals surface area contributed by atoms with E-state index in [0.717, 1.165) is 39.0 Å². The molecular weight excluding hydrogens is 192 g/mol. The first kappa shape index (κ1) is 12.5. The largest absolute Gasteiger partial charge is 0.481 e. The monoisotopic (exact) mass is 214 g/mol. The summed E-state index contributed by atoms with van der Waals surface area (Å²) in [5, 5.41) is 8.51. The number of hydrogen-bond donors (Lipinski definition) is 1. The summed E-state index contributed by atoms with van der Waals surface area (Å²) in [6.45, 7) is 6.65. The van der Waals surface area contributed by atoms with Gasteiger partial charge in [0.15, 0.2) is 0 Å². The Bertz CT molecular complexity index is 209. The Hall–Kier alpha value is -0.610. The Labute approximate surface area is 91.9 Å². The van der Waals surface area contributed by atoms with Crippen LogP contribution < -0.4 is 0 Å². The fourth-order valence-electron chi connectivity index (χ4n) is 1.94. The highest BCUT2D eigenvalue weighted by Gasteiger charge is 2.19. The van der Waals surface area contributed by atoms with Crippen LogP contribution in [0, 0.1) is 0 Å². The van der Waals surface area contributed by atoms with E-state index in [-0.39, 0.29) is 0 Å². The summed E-state index contributed by atoms with van der Waals surface area (Å²) in [6.07, 6.45) is 2.11. The molecule has 0 radical (unpaired) electrons. The molecule has 0 aromatic heterocycles. The molecule has 0 aromatic rings. The molecule has 1 atom stereocenters. The molecule has 1 unspecified atom stereocenters. The zero-order valence-electron chi connectivity index (χ0n) is 9.78.